The Bertz CT molecular complexity index is 707. The van der Waals surface area contributed by atoms with Crippen LogP contribution in [0.15, 0.2) is 36.5 Å². The van der Waals surface area contributed by atoms with Crippen molar-refractivity contribution in [3.8, 4) is 0 Å². The number of likely N-dealkylation sites (N-methyl/N-ethyl adjacent to an activating group) is 1. The van der Waals surface area contributed by atoms with E-state index in [0.29, 0.717) is 12.6 Å². The Labute approximate surface area is 148 Å². The normalized spacial score (nSPS) is 14.6. The fraction of sp³-hybridized carbons (Fsp3) is 0.474. The molecule has 25 heavy (non-hydrogen) atoms. The number of rotatable bonds is 7. The second-order valence-corrected chi connectivity index (χ2v) is 6.49. The van der Waals surface area contributed by atoms with Crippen LogP contribution in [0.2, 0.25) is 0 Å². The van der Waals surface area contributed by atoms with Gasteiger partial charge in [0.05, 0.1) is 25.4 Å². The molecular weight excluding hydrogens is 316 g/mol. The van der Waals surface area contributed by atoms with Gasteiger partial charge >= 0.3 is 0 Å². The molecule has 0 spiro atoms. The molecule has 0 saturated heterocycles. The van der Waals surface area contributed by atoms with Crippen molar-refractivity contribution >= 4 is 17.4 Å². The minimum Gasteiger partial charge on any atom is -0.392 e. The van der Waals surface area contributed by atoms with Gasteiger partial charge in [0.25, 0.3) is 0 Å². The molecule has 1 aliphatic carbocycles. The first kappa shape index (κ1) is 17.5. The number of aromatic nitrogens is 2. The predicted molar refractivity (Wildman–Crippen MR) is 98.6 cm³/mol. The Morgan fingerprint density at radius 3 is 2.88 bits per heavy atom. The molecule has 0 atom stereocenters. The first-order valence-electron chi connectivity index (χ1n) is 8.99. The molecule has 1 aromatic carbocycles. The summed E-state index contributed by atoms with van der Waals surface area (Å²) in [6.45, 7) is 2.99. The molecule has 134 valence electrons. The van der Waals surface area contributed by atoms with Gasteiger partial charge < -0.3 is 15.3 Å². The highest BCUT2D eigenvalue weighted by atomic mass is 16.3. The third-order valence-electron chi connectivity index (χ3n) is 4.78. The number of aliphatic hydroxyl groups is 1. The van der Waals surface area contributed by atoms with E-state index in [9.17, 15) is 9.90 Å². The van der Waals surface area contributed by atoms with Gasteiger partial charge in [-0.15, -0.1) is 0 Å². The summed E-state index contributed by atoms with van der Waals surface area (Å²) in [6.07, 6.45) is 6.45. The second kappa shape index (κ2) is 8.16. The second-order valence-electron chi connectivity index (χ2n) is 6.49. The molecule has 6 nitrogen and oxygen atoms in total. The third-order valence-corrected chi connectivity index (χ3v) is 4.78. The highest BCUT2D eigenvalue weighted by Crippen LogP contribution is 2.31. The summed E-state index contributed by atoms with van der Waals surface area (Å²) in [5.41, 5.74) is 1.78. The SMILES string of the molecule is CCN(CC(=O)Nc1ccnn1C1CCCC1)c1cccc(CO)c1. The van der Waals surface area contributed by atoms with Crippen molar-refractivity contribution in [3.05, 3.63) is 42.1 Å². The number of carbonyl (C=O) groups excluding carboxylic acids is 1. The first-order chi connectivity index (χ1) is 12.2. The van der Waals surface area contributed by atoms with Gasteiger partial charge in [-0.1, -0.05) is 25.0 Å². The molecule has 1 saturated carbocycles. The molecule has 1 amide bonds. The number of aliphatic hydroxyl groups excluding tert-OH is 1. The van der Waals surface area contributed by atoms with Crippen LogP contribution in [0, 0.1) is 0 Å². The van der Waals surface area contributed by atoms with E-state index in [-0.39, 0.29) is 19.1 Å². The summed E-state index contributed by atoms with van der Waals surface area (Å²) in [7, 11) is 0. The van der Waals surface area contributed by atoms with Crippen molar-refractivity contribution < 1.29 is 9.90 Å². The van der Waals surface area contributed by atoms with E-state index in [1.165, 1.54) is 12.8 Å². The number of nitrogens with zero attached hydrogens (tertiary/aromatic N) is 3. The van der Waals surface area contributed by atoms with E-state index in [2.05, 4.69) is 10.4 Å². The van der Waals surface area contributed by atoms with Crippen LogP contribution < -0.4 is 10.2 Å². The van der Waals surface area contributed by atoms with Crippen molar-refractivity contribution in [2.24, 2.45) is 0 Å². The topological polar surface area (TPSA) is 70.4 Å². The zero-order chi connectivity index (χ0) is 17.6. The van der Waals surface area contributed by atoms with Gasteiger partial charge in [-0.05, 0) is 37.5 Å². The summed E-state index contributed by atoms with van der Waals surface area (Å²) in [5.74, 6) is 0.716. The number of nitrogens with one attached hydrogen (secondary N) is 1. The van der Waals surface area contributed by atoms with Crippen LogP contribution in [-0.4, -0.2) is 33.9 Å². The molecule has 0 unspecified atom stereocenters. The Morgan fingerprint density at radius 1 is 1.36 bits per heavy atom. The lowest BCUT2D eigenvalue weighted by Crippen LogP contribution is -2.33. The van der Waals surface area contributed by atoms with E-state index in [1.807, 2.05) is 46.8 Å². The van der Waals surface area contributed by atoms with Crippen molar-refractivity contribution in [1.29, 1.82) is 0 Å². The molecule has 1 aromatic heterocycles. The van der Waals surface area contributed by atoms with Crippen molar-refractivity contribution in [2.45, 2.75) is 45.3 Å². The molecule has 0 radical (unpaired) electrons. The molecule has 6 heteroatoms. The number of hydrogen-bond donors (Lipinski definition) is 2. The summed E-state index contributed by atoms with van der Waals surface area (Å²) >= 11 is 0. The molecule has 1 fully saturated rings. The van der Waals surface area contributed by atoms with Gasteiger partial charge in [-0.3, -0.25) is 4.79 Å². The van der Waals surface area contributed by atoms with Crippen LogP contribution in [-0.2, 0) is 11.4 Å². The highest BCUT2D eigenvalue weighted by Gasteiger charge is 2.21. The molecule has 2 N–H and O–H groups in total. The zero-order valence-electron chi connectivity index (χ0n) is 14.7. The van der Waals surface area contributed by atoms with Crippen LogP contribution >= 0.6 is 0 Å². The van der Waals surface area contributed by atoms with Gasteiger partial charge in [-0.2, -0.15) is 5.10 Å². The van der Waals surface area contributed by atoms with Crippen molar-refractivity contribution in [2.75, 3.05) is 23.3 Å². The monoisotopic (exact) mass is 342 g/mol. The van der Waals surface area contributed by atoms with Gasteiger partial charge in [0.2, 0.25) is 5.91 Å². The van der Waals surface area contributed by atoms with E-state index < -0.39 is 0 Å². The largest absolute Gasteiger partial charge is 0.392 e. The van der Waals surface area contributed by atoms with Gasteiger partial charge in [0, 0.05) is 18.3 Å². The molecule has 2 aromatic rings. The Hall–Kier alpha value is -2.34. The lowest BCUT2D eigenvalue weighted by molar-refractivity contribution is -0.115. The number of anilines is 2. The van der Waals surface area contributed by atoms with E-state index in [4.69, 9.17) is 0 Å². The Kier molecular flexibility index (Phi) is 5.71. The molecule has 0 bridgehead atoms. The average Bonchev–Trinajstić information content (AvgIpc) is 3.31. The van der Waals surface area contributed by atoms with Crippen LogP contribution in [0.25, 0.3) is 0 Å². The summed E-state index contributed by atoms with van der Waals surface area (Å²) in [4.78, 5) is 14.5. The fourth-order valence-electron chi connectivity index (χ4n) is 3.45. The van der Waals surface area contributed by atoms with Gasteiger partial charge in [0.15, 0.2) is 0 Å². The Morgan fingerprint density at radius 2 is 2.16 bits per heavy atom. The maximum atomic E-state index is 12.5. The molecule has 3 rings (SSSR count). The average molecular weight is 342 g/mol. The van der Waals surface area contributed by atoms with Gasteiger partial charge in [-0.25, -0.2) is 4.68 Å². The van der Waals surface area contributed by atoms with Crippen molar-refractivity contribution in [3.63, 3.8) is 0 Å². The lowest BCUT2D eigenvalue weighted by Gasteiger charge is -2.23. The minimum atomic E-state index is -0.0593. The fourth-order valence-corrected chi connectivity index (χ4v) is 3.45. The van der Waals surface area contributed by atoms with Gasteiger partial charge in [0.1, 0.15) is 5.82 Å². The molecule has 1 heterocycles. The van der Waals surface area contributed by atoms with Crippen LogP contribution in [0.4, 0.5) is 11.5 Å². The van der Waals surface area contributed by atoms with Crippen LogP contribution in [0.3, 0.4) is 0 Å². The smallest absolute Gasteiger partial charge is 0.245 e. The quantitative estimate of drug-likeness (QED) is 0.811. The van der Waals surface area contributed by atoms with E-state index in [0.717, 1.165) is 29.9 Å². The molecule has 1 aliphatic rings. The lowest BCUT2D eigenvalue weighted by atomic mass is 10.2. The van der Waals surface area contributed by atoms with E-state index >= 15 is 0 Å². The maximum absolute atomic E-state index is 12.5. The third kappa shape index (κ3) is 4.20. The predicted octanol–water partition coefficient (Wildman–Crippen LogP) is 2.96. The van der Waals surface area contributed by atoms with Crippen molar-refractivity contribution in [1.82, 2.24) is 9.78 Å². The Balaban J connectivity index is 1.66. The van der Waals surface area contributed by atoms with Crippen LogP contribution in [0.5, 0.6) is 0 Å². The summed E-state index contributed by atoms with van der Waals surface area (Å²) in [6, 6.07) is 9.90. The molecular formula is C19H26N4O2. The standard InChI is InChI=1S/C19H26N4O2/c1-2-22(17-9-5-6-15(12-17)14-24)13-19(25)21-18-10-11-20-23(18)16-7-3-4-8-16/h5-6,9-12,16,24H,2-4,7-8,13-14H2,1H3,(H,21,25). The number of carbonyl (C=O) groups is 1. The first-order valence-corrected chi connectivity index (χ1v) is 8.99. The van der Waals surface area contributed by atoms with Crippen LogP contribution in [0.1, 0.15) is 44.2 Å². The zero-order valence-corrected chi connectivity index (χ0v) is 14.7. The number of amides is 1. The number of hydrogen-bond acceptors (Lipinski definition) is 4. The summed E-state index contributed by atoms with van der Waals surface area (Å²) in [5, 5.41) is 16.7. The number of benzene rings is 1. The maximum Gasteiger partial charge on any atom is 0.245 e. The summed E-state index contributed by atoms with van der Waals surface area (Å²) < 4.78 is 1.95. The molecule has 0 aliphatic heterocycles. The van der Waals surface area contributed by atoms with E-state index in [1.54, 1.807) is 6.20 Å². The minimum absolute atomic E-state index is 0.00182. The highest BCUT2D eigenvalue weighted by molar-refractivity contribution is 5.93.